The summed E-state index contributed by atoms with van der Waals surface area (Å²) in [6, 6.07) is 22.0. The topological polar surface area (TPSA) is 83.6 Å². The van der Waals surface area contributed by atoms with E-state index in [9.17, 15) is 18.0 Å². The average molecular weight is 451 g/mol. The molecular weight excluding hydrogens is 424 g/mol. The van der Waals surface area contributed by atoms with Gasteiger partial charge in [-0.05, 0) is 36.4 Å². The maximum absolute atomic E-state index is 12.6. The monoisotopic (exact) mass is 450 g/mol. The zero-order valence-corrected chi connectivity index (χ0v) is 18.9. The number of hydrogen-bond donors (Lipinski definition) is 1. The Labute approximate surface area is 188 Å². The first-order chi connectivity index (χ1) is 15.4. The molecule has 0 saturated carbocycles. The van der Waals surface area contributed by atoms with Gasteiger partial charge in [0.25, 0.3) is 0 Å². The maximum Gasteiger partial charge on any atom is 0.243 e. The number of benzene rings is 3. The number of hydrogen-bond acceptors (Lipinski definition) is 5. The summed E-state index contributed by atoms with van der Waals surface area (Å²) >= 11 is 0. The molecule has 1 N–H and O–H groups in total. The molecule has 0 aromatic heterocycles. The van der Waals surface area contributed by atoms with E-state index in [-0.39, 0.29) is 23.0 Å². The van der Waals surface area contributed by atoms with Crippen LogP contribution in [0.4, 0.5) is 5.69 Å². The van der Waals surface area contributed by atoms with E-state index in [2.05, 4.69) is 5.32 Å². The van der Waals surface area contributed by atoms with Crippen molar-refractivity contribution in [3.05, 3.63) is 95.6 Å². The summed E-state index contributed by atoms with van der Waals surface area (Å²) in [5.41, 5.74) is 2.19. The number of rotatable bonds is 10. The lowest BCUT2D eigenvalue weighted by Gasteiger charge is -2.18. The van der Waals surface area contributed by atoms with Crippen molar-refractivity contribution in [2.45, 2.75) is 18.7 Å². The van der Waals surface area contributed by atoms with Crippen LogP contribution in [0.2, 0.25) is 0 Å². The second-order valence-corrected chi connectivity index (χ2v) is 9.10. The van der Waals surface area contributed by atoms with Crippen LogP contribution in [-0.4, -0.2) is 43.9 Å². The molecule has 0 saturated heterocycles. The Kier molecular flexibility index (Phi) is 7.56. The Morgan fingerprint density at radius 1 is 0.781 bits per heavy atom. The van der Waals surface area contributed by atoms with Crippen molar-refractivity contribution < 1.29 is 18.0 Å². The lowest BCUT2D eigenvalue weighted by molar-refractivity contribution is 0.100. The van der Waals surface area contributed by atoms with Crippen molar-refractivity contribution >= 4 is 27.3 Å². The Bertz CT molecular complexity index is 1190. The van der Waals surface area contributed by atoms with E-state index in [0.717, 1.165) is 0 Å². The predicted molar refractivity (Wildman–Crippen MR) is 126 cm³/mol. The molecular formula is C25H26N2O4S. The molecule has 3 aromatic rings. The molecule has 0 aliphatic rings. The van der Waals surface area contributed by atoms with Crippen LogP contribution in [0, 0.1) is 0 Å². The van der Waals surface area contributed by atoms with E-state index in [1.165, 1.54) is 28.6 Å². The van der Waals surface area contributed by atoms with Gasteiger partial charge < -0.3 is 5.32 Å². The van der Waals surface area contributed by atoms with E-state index in [0.29, 0.717) is 35.5 Å². The van der Waals surface area contributed by atoms with Gasteiger partial charge in [-0.15, -0.1) is 0 Å². The van der Waals surface area contributed by atoms with Crippen LogP contribution < -0.4 is 5.32 Å². The number of Topliss-reactive ketones (excluding diaryl/α,β-unsaturated/α-hetero) is 1. The quantitative estimate of drug-likeness (QED) is 0.467. The molecule has 7 heteroatoms. The van der Waals surface area contributed by atoms with Crippen LogP contribution in [0.3, 0.4) is 0 Å². The van der Waals surface area contributed by atoms with Gasteiger partial charge in [0, 0.05) is 35.5 Å². The summed E-state index contributed by atoms with van der Waals surface area (Å²) in [7, 11) is -3.56. The summed E-state index contributed by atoms with van der Waals surface area (Å²) in [5.74, 6) is -0.276. The molecule has 0 aliphatic heterocycles. The minimum absolute atomic E-state index is 0.0190. The normalized spacial score (nSPS) is 11.3. The number of anilines is 1. The summed E-state index contributed by atoms with van der Waals surface area (Å²) in [6.07, 6.45) is 0. The van der Waals surface area contributed by atoms with Gasteiger partial charge in [0.05, 0.1) is 11.4 Å². The molecule has 0 bridgehead atoms. The third-order valence-electron chi connectivity index (χ3n) is 5.13. The van der Waals surface area contributed by atoms with Crippen LogP contribution in [-0.2, 0) is 10.0 Å². The van der Waals surface area contributed by atoms with Crippen LogP contribution in [0.5, 0.6) is 0 Å². The van der Waals surface area contributed by atoms with Crippen molar-refractivity contribution in [3.63, 3.8) is 0 Å². The van der Waals surface area contributed by atoms with Crippen molar-refractivity contribution in [2.24, 2.45) is 0 Å². The summed E-state index contributed by atoms with van der Waals surface area (Å²) in [5, 5.41) is 3.04. The first-order valence-corrected chi connectivity index (χ1v) is 11.9. The molecule has 6 nitrogen and oxygen atoms in total. The highest BCUT2D eigenvalue weighted by atomic mass is 32.2. The molecule has 3 aromatic carbocycles. The fourth-order valence-electron chi connectivity index (χ4n) is 3.34. The van der Waals surface area contributed by atoms with Gasteiger partial charge >= 0.3 is 0 Å². The molecule has 0 fully saturated rings. The molecule has 0 unspecified atom stereocenters. The van der Waals surface area contributed by atoms with Crippen molar-refractivity contribution in [3.8, 4) is 0 Å². The van der Waals surface area contributed by atoms with Gasteiger partial charge in [-0.25, -0.2) is 8.42 Å². The van der Waals surface area contributed by atoms with E-state index in [1.807, 2.05) is 18.2 Å². The number of nitrogens with one attached hydrogen (secondary N) is 1. The Morgan fingerprint density at radius 2 is 1.41 bits per heavy atom. The number of carbonyl (C=O) groups excluding carboxylic acids is 2. The third-order valence-corrected chi connectivity index (χ3v) is 7.20. The molecule has 3 rings (SSSR count). The first-order valence-electron chi connectivity index (χ1n) is 10.4. The lowest BCUT2D eigenvalue weighted by Crippen LogP contribution is -2.30. The molecule has 0 atom stereocenters. The smallest absolute Gasteiger partial charge is 0.243 e. The van der Waals surface area contributed by atoms with Crippen molar-refractivity contribution in [2.75, 3.05) is 25.0 Å². The number of ketones is 2. The molecule has 0 heterocycles. The van der Waals surface area contributed by atoms with Gasteiger partial charge in [-0.1, -0.05) is 56.3 Å². The van der Waals surface area contributed by atoms with Crippen molar-refractivity contribution in [1.29, 1.82) is 0 Å². The molecule has 32 heavy (non-hydrogen) atoms. The first kappa shape index (κ1) is 23.4. The summed E-state index contributed by atoms with van der Waals surface area (Å²) in [4.78, 5) is 25.4. The highest BCUT2D eigenvalue weighted by molar-refractivity contribution is 7.89. The van der Waals surface area contributed by atoms with Crippen molar-refractivity contribution in [1.82, 2.24) is 4.31 Å². The number of carbonyl (C=O) groups is 2. The second kappa shape index (κ2) is 10.3. The standard InChI is InChI=1S/C25H26N2O4S/c1-3-27(4-2)32(30,31)23-15-13-19(14-16-23)24(28)18-26-22-12-8-11-21(17-22)25(29)20-9-6-5-7-10-20/h5-17,26H,3-4,18H2,1-2H3. The molecule has 0 aliphatic carbocycles. The largest absolute Gasteiger partial charge is 0.378 e. The predicted octanol–water partition coefficient (Wildman–Crippen LogP) is 4.24. The molecule has 0 amide bonds. The average Bonchev–Trinajstić information content (AvgIpc) is 2.83. The number of sulfonamides is 1. The van der Waals surface area contributed by atoms with E-state index in [1.54, 1.807) is 50.2 Å². The molecule has 0 spiro atoms. The van der Waals surface area contributed by atoms with E-state index >= 15 is 0 Å². The van der Waals surface area contributed by atoms with E-state index in [4.69, 9.17) is 0 Å². The zero-order valence-electron chi connectivity index (χ0n) is 18.1. The van der Waals surface area contributed by atoms with Gasteiger partial charge in [-0.2, -0.15) is 4.31 Å². The Balaban J connectivity index is 1.67. The van der Waals surface area contributed by atoms with E-state index < -0.39 is 10.0 Å². The minimum atomic E-state index is -3.56. The zero-order chi connectivity index (χ0) is 23.1. The van der Waals surface area contributed by atoms with Crippen LogP contribution >= 0.6 is 0 Å². The Hall–Kier alpha value is -3.29. The summed E-state index contributed by atoms with van der Waals surface area (Å²) in [6.45, 7) is 4.36. The van der Waals surface area contributed by atoms with Gasteiger partial charge in [0.2, 0.25) is 10.0 Å². The third kappa shape index (κ3) is 5.30. The highest BCUT2D eigenvalue weighted by Gasteiger charge is 2.21. The Morgan fingerprint density at radius 3 is 2.03 bits per heavy atom. The minimum Gasteiger partial charge on any atom is -0.378 e. The number of nitrogens with zero attached hydrogens (tertiary/aromatic N) is 1. The van der Waals surface area contributed by atoms with Crippen LogP contribution in [0.15, 0.2) is 83.8 Å². The maximum atomic E-state index is 12.6. The molecule has 0 radical (unpaired) electrons. The van der Waals surface area contributed by atoms with Gasteiger partial charge in [0.1, 0.15) is 0 Å². The van der Waals surface area contributed by atoms with Crippen LogP contribution in [0.1, 0.15) is 40.1 Å². The van der Waals surface area contributed by atoms with Gasteiger partial charge in [-0.3, -0.25) is 9.59 Å². The fourth-order valence-corrected chi connectivity index (χ4v) is 4.79. The lowest BCUT2D eigenvalue weighted by atomic mass is 10.0. The second-order valence-electron chi connectivity index (χ2n) is 7.17. The van der Waals surface area contributed by atoms with Gasteiger partial charge in [0.15, 0.2) is 11.6 Å². The SMILES string of the molecule is CCN(CC)S(=O)(=O)c1ccc(C(=O)CNc2cccc(C(=O)c3ccccc3)c2)cc1. The fraction of sp³-hybridized carbons (Fsp3) is 0.200. The van der Waals surface area contributed by atoms with Crippen LogP contribution in [0.25, 0.3) is 0 Å². The molecule has 166 valence electrons. The highest BCUT2D eigenvalue weighted by Crippen LogP contribution is 2.18. The summed E-state index contributed by atoms with van der Waals surface area (Å²) < 4.78 is 26.5.